The Bertz CT molecular complexity index is 490. The third-order valence-electron chi connectivity index (χ3n) is 2.98. The Balaban J connectivity index is 2.51. The fourth-order valence-electron chi connectivity index (χ4n) is 1.99. The molecule has 0 aromatic heterocycles. The lowest BCUT2D eigenvalue weighted by Crippen LogP contribution is -2.35. The number of nitrogens with one attached hydrogen (secondary N) is 1. The van der Waals surface area contributed by atoms with Gasteiger partial charge in [-0.2, -0.15) is 0 Å². The van der Waals surface area contributed by atoms with Gasteiger partial charge in [-0.25, -0.2) is 0 Å². The highest BCUT2D eigenvalue weighted by Crippen LogP contribution is 2.22. The molecule has 0 heterocycles. The van der Waals surface area contributed by atoms with Crippen LogP contribution in [0.15, 0.2) is 24.3 Å². The standard InChI is InChI=1S/C15H22N2O4/c1-11(15(19)21-4)9-17(2)10-14(18)16-12-7-5-6-8-13(12)20-3/h5-8,11H,9-10H2,1-4H3,(H,16,18). The summed E-state index contributed by atoms with van der Waals surface area (Å²) in [6, 6.07) is 7.20. The van der Waals surface area contributed by atoms with Crippen LogP contribution in [0.4, 0.5) is 5.69 Å². The summed E-state index contributed by atoms with van der Waals surface area (Å²) in [5.41, 5.74) is 0.624. The van der Waals surface area contributed by atoms with Crippen molar-refractivity contribution in [3.8, 4) is 5.75 Å². The second-order valence-electron chi connectivity index (χ2n) is 4.87. The Morgan fingerprint density at radius 3 is 2.57 bits per heavy atom. The molecule has 0 saturated carbocycles. The molecule has 1 aromatic rings. The molecule has 0 saturated heterocycles. The van der Waals surface area contributed by atoms with Gasteiger partial charge < -0.3 is 14.8 Å². The number of carbonyl (C=O) groups excluding carboxylic acids is 2. The number of anilines is 1. The zero-order valence-corrected chi connectivity index (χ0v) is 12.9. The van der Waals surface area contributed by atoms with Gasteiger partial charge in [-0.1, -0.05) is 19.1 Å². The topological polar surface area (TPSA) is 67.9 Å². The lowest BCUT2D eigenvalue weighted by molar-refractivity contribution is -0.145. The van der Waals surface area contributed by atoms with E-state index in [1.807, 2.05) is 12.1 Å². The van der Waals surface area contributed by atoms with Gasteiger partial charge in [-0.15, -0.1) is 0 Å². The summed E-state index contributed by atoms with van der Waals surface area (Å²) in [7, 11) is 4.68. The molecule has 0 radical (unpaired) electrons. The van der Waals surface area contributed by atoms with Crippen LogP contribution in [-0.4, -0.2) is 51.1 Å². The average molecular weight is 294 g/mol. The van der Waals surface area contributed by atoms with Gasteiger partial charge in [-0.05, 0) is 19.2 Å². The average Bonchev–Trinajstić information content (AvgIpc) is 2.46. The second-order valence-corrected chi connectivity index (χ2v) is 4.87. The van der Waals surface area contributed by atoms with Gasteiger partial charge in [0.05, 0.1) is 32.4 Å². The summed E-state index contributed by atoms with van der Waals surface area (Å²) in [6.45, 7) is 2.39. The van der Waals surface area contributed by atoms with Gasteiger partial charge in [-0.3, -0.25) is 14.5 Å². The summed E-state index contributed by atoms with van der Waals surface area (Å²) in [6.07, 6.45) is 0. The van der Waals surface area contributed by atoms with Crippen LogP contribution < -0.4 is 10.1 Å². The minimum absolute atomic E-state index is 0.168. The summed E-state index contributed by atoms with van der Waals surface area (Å²) >= 11 is 0. The molecule has 0 spiro atoms. The molecule has 0 bridgehead atoms. The predicted octanol–water partition coefficient (Wildman–Crippen LogP) is 1.37. The van der Waals surface area contributed by atoms with Crippen molar-refractivity contribution in [3.05, 3.63) is 24.3 Å². The van der Waals surface area contributed by atoms with Crippen molar-refractivity contribution < 1.29 is 19.1 Å². The van der Waals surface area contributed by atoms with E-state index in [4.69, 9.17) is 4.74 Å². The van der Waals surface area contributed by atoms with E-state index < -0.39 is 0 Å². The molecule has 1 atom stereocenters. The smallest absolute Gasteiger partial charge is 0.309 e. The number of nitrogens with zero attached hydrogens (tertiary/aromatic N) is 1. The maximum atomic E-state index is 12.0. The zero-order valence-electron chi connectivity index (χ0n) is 12.9. The highest BCUT2D eigenvalue weighted by molar-refractivity contribution is 5.93. The number of hydrogen-bond donors (Lipinski definition) is 1. The number of likely N-dealkylation sites (N-methyl/N-ethyl adjacent to an activating group) is 1. The van der Waals surface area contributed by atoms with Crippen molar-refractivity contribution in [3.63, 3.8) is 0 Å². The number of ether oxygens (including phenoxy) is 2. The number of para-hydroxylation sites is 2. The highest BCUT2D eigenvalue weighted by Gasteiger charge is 2.17. The summed E-state index contributed by atoms with van der Waals surface area (Å²) < 4.78 is 9.83. The van der Waals surface area contributed by atoms with Gasteiger partial charge in [0.2, 0.25) is 5.91 Å². The summed E-state index contributed by atoms with van der Waals surface area (Å²) in [4.78, 5) is 25.1. The Kier molecular flexibility index (Phi) is 6.68. The summed E-state index contributed by atoms with van der Waals surface area (Å²) in [5, 5.41) is 2.79. The number of hydrogen-bond acceptors (Lipinski definition) is 5. The van der Waals surface area contributed by atoms with E-state index in [9.17, 15) is 9.59 Å². The van der Waals surface area contributed by atoms with Crippen LogP contribution in [0.25, 0.3) is 0 Å². The van der Waals surface area contributed by atoms with Crippen LogP contribution in [0.1, 0.15) is 6.92 Å². The van der Waals surface area contributed by atoms with Crippen molar-refractivity contribution in [1.82, 2.24) is 4.90 Å². The van der Waals surface area contributed by atoms with Gasteiger partial charge in [0.15, 0.2) is 0 Å². The maximum Gasteiger partial charge on any atom is 0.309 e. The Hall–Kier alpha value is -2.08. The number of carbonyl (C=O) groups is 2. The molecule has 0 fully saturated rings. The monoisotopic (exact) mass is 294 g/mol. The van der Waals surface area contributed by atoms with Crippen LogP contribution in [0.3, 0.4) is 0 Å². The van der Waals surface area contributed by atoms with Crippen LogP contribution in [0.5, 0.6) is 5.75 Å². The quantitative estimate of drug-likeness (QED) is 0.769. The number of methoxy groups -OCH3 is 2. The fraction of sp³-hybridized carbons (Fsp3) is 0.467. The van der Waals surface area contributed by atoms with E-state index in [2.05, 4.69) is 10.1 Å². The third kappa shape index (κ3) is 5.43. The lowest BCUT2D eigenvalue weighted by atomic mass is 10.2. The number of rotatable bonds is 7. The Morgan fingerprint density at radius 1 is 1.29 bits per heavy atom. The molecule has 21 heavy (non-hydrogen) atoms. The third-order valence-corrected chi connectivity index (χ3v) is 2.98. The molecule has 0 aliphatic rings. The Labute approximate surface area is 125 Å². The van der Waals surface area contributed by atoms with E-state index in [1.54, 1.807) is 38.1 Å². The van der Waals surface area contributed by atoms with Crippen LogP contribution in [0, 0.1) is 5.92 Å². The van der Waals surface area contributed by atoms with Crippen molar-refractivity contribution in [2.24, 2.45) is 5.92 Å². The molecule has 1 aromatic carbocycles. The molecule has 116 valence electrons. The van der Waals surface area contributed by atoms with Gasteiger partial charge >= 0.3 is 5.97 Å². The van der Waals surface area contributed by atoms with Crippen molar-refractivity contribution in [2.75, 3.05) is 39.7 Å². The van der Waals surface area contributed by atoms with E-state index in [-0.39, 0.29) is 24.3 Å². The minimum Gasteiger partial charge on any atom is -0.495 e. The van der Waals surface area contributed by atoms with Crippen molar-refractivity contribution in [1.29, 1.82) is 0 Å². The van der Waals surface area contributed by atoms with Gasteiger partial charge in [0, 0.05) is 6.54 Å². The molecular formula is C15H22N2O4. The van der Waals surface area contributed by atoms with E-state index in [0.717, 1.165) is 0 Å². The molecule has 1 rings (SSSR count). The van der Waals surface area contributed by atoms with E-state index in [0.29, 0.717) is 18.0 Å². The predicted molar refractivity (Wildman–Crippen MR) is 80.3 cm³/mol. The fourth-order valence-corrected chi connectivity index (χ4v) is 1.99. The van der Waals surface area contributed by atoms with E-state index >= 15 is 0 Å². The number of amides is 1. The molecule has 0 aliphatic heterocycles. The first-order valence-corrected chi connectivity index (χ1v) is 6.67. The van der Waals surface area contributed by atoms with Crippen molar-refractivity contribution in [2.45, 2.75) is 6.92 Å². The lowest BCUT2D eigenvalue weighted by Gasteiger charge is -2.19. The number of benzene rings is 1. The second kappa shape index (κ2) is 8.26. The molecule has 1 N–H and O–H groups in total. The first-order chi connectivity index (χ1) is 9.97. The highest BCUT2D eigenvalue weighted by atomic mass is 16.5. The molecule has 1 unspecified atom stereocenters. The largest absolute Gasteiger partial charge is 0.495 e. The zero-order chi connectivity index (χ0) is 15.8. The molecule has 6 heteroatoms. The Morgan fingerprint density at radius 2 is 1.95 bits per heavy atom. The van der Waals surface area contributed by atoms with Gasteiger partial charge in [0.1, 0.15) is 5.75 Å². The van der Waals surface area contributed by atoms with Crippen LogP contribution in [0.2, 0.25) is 0 Å². The van der Waals surface area contributed by atoms with Crippen LogP contribution in [-0.2, 0) is 14.3 Å². The molecule has 6 nitrogen and oxygen atoms in total. The summed E-state index contributed by atoms with van der Waals surface area (Å²) in [5.74, 6) is -0.124. The van der Waals surface area contributed by atoms with E-state index in [1.165, 1.54) is 7.11 Å². The maximum absolute atomic E-state index is 12.0. The molecule has 0 aliphatic carbocycles. The van der Waals surface area contributed by atoms with Gasteiger partial charge in [0.25, 0.3) is 0 Å². The molecule has 1 amide bonds. The van der Waals surface area contributed by atoms with Crippen molar-refractivity contribution >= 4 is 17.6 Å². The molecular weight excluding hydrogens is 272 g/mol. The SMILES string of the molecule is COC(=O)C(C)CN(C)CC(=O)Nc1ccccc1OC. The minimum atomic E-state index is -0.285. The number of esters is 1. The van der Waals surface area contributed by atoms with Crippen LogP contribution >= 0.6 is 0 Å². The first-order valence-electron chi connectivity index (χ1n) is 6.67. The first kappa shape index (κ1) is 17.0. The normalized spacial score (nSPS) is 11.9.